The molecule has 0 amide bonds. The summed E-state index contributed by atoms with van der Waals surface area (Å²) in [5.41, 5.74) is 6.05. The number of nitriles is 1. The first-order chi connectivity index (χ1) is 8.76. The highest BCUT2D eigenvalue weighted by Crippen LogP contribution is 2.41. The van der Waals surface area contributed by atoms with Crippen LogP contribution in [0.15, 0.2) is 23.5 Å². The predicted octanol–water partition coefficient (Wildman–Crippen LogP) is 1.93. The number of ether oxygens (including phenoxy) is 1. The van der Waals surface area contributed by atoms with Crippen LogP contribution in [0.25, 0.3) is 0 Å². The van der Waals surface area contributed by atoms with Gasteiger partial charge in [-0.25, -0.2) is 5.43 Å². The standard InChI is InChI=1S/C14H19N3O/c1-3-11-13(9(2)8-15)14-10-5-7-18-12(10)4-6-17(14)16-11/h4,6,9-12,16H,3,5,7H2,1-2H3/t9?,10-,11?,12-/m0/s1. The van der Waals surface area contributed by atoms with Crippen molar-refractivity contribution in [1.29, 1.82) is 5.26 Å². The van der Waals surface area contributed by atoms with Gasteiger partial charge in [0.25, 0.3) is 0 Å². The molecule has 1 fully saturated rings. The molecule has 0 aromatic carbocycles. The van der Waals surface area contributed by atoms with Gasteiger partial charge in [-0.15, -0.1) is 0 Å². The first kappa shape index (κ1) is 11.8. The Bertz CT molecular complexity index is 448. The molecule has 0 aliphatic carbocycles. The van der Waals surface area contributed by atoms with Crippen LogP contribution in [-0.4, -0.2) is 23.8 Å². The van der Waals surface area contributed by atoms with Gasteiger partial charge in [0.05, 0.1) is 24.1 Å². The number of rotatable bonds is 2. The van der Waals surface area contributed by atoms with E-state index in [-0.39, 0.29) is 12.0 Å². The van der Waals surface area contributed by atoms with E-state index >= 15 is 0 Å². The van der Waals surface area contributed by atoms with E-state index in [1.807, 2.05) is 6.92 Å². The third-order valence-electron chi connectivity index (χ3n) is 4.21. The maximum absolute atomic E-state index is 9.26. The summed E-state index contributed by atoms with van der Waals surface area (Å²) in [7, 11) is 0. The lowest BCUT2D eigenvalue weighted by molar-refractivity contribution is 0.119. The molecule has 18 heavy (non-hydrogen) atoms. The fourth-order valence-electron chi connectivity index (χ4n) is 3.31. The van der Waals surface area contributed by atoms with Crippen LogP contribution >= 0.6 is 0 Å². The zero-order valence-electron chi connectivity index (χ0n) is 10.9. The average Bonchev–Trinajstić information content (AvgIpc) is 3.00. The molecule has 1 N–H and O–H groups in total. The minimum absolute atomic E-state index is 0.0322. The van der Waals surface area contributed by atoms with E-state index in [0.29, 0.717) is 12.0 Å². The summed E-state index contributed by atoms with van der Waals surface area (Å²) in [5.74, 6) is 0.389. The minimum Gasteiger partial charge on any atom is -0.373 e. The zero-order valence-corrected chi connectivity index (χ0v) is 10.9. The lowest BCUT2D eigenvalue weighted by Gasteiger charge is -2.30. The summed E-state index contributed by atoms with van der Waals surface area (Å²) in [6.07, 6.45) is 6.45. The number of nitrogens with one attached hydrogen (secondary N) is 1. The number of nitrogens with zero attached hydrogens (tertiary/aromatic N) is 2. The van der Waals surface area contributed by atoms with Crippen molar-refractivity contribution < 1.29 is 4.74 Å². The van der Waals surface area contributed by atoms with E-state index in [1.165, 1.54) is 11.3 Å². The van der Waals surface area contributed by atoms with Gasteiger partial charge in [0.1, 0.15) is 0 Å². The second-order valence-corrected chi connectivity index (χ2v) is 5.22. The van der Waals surface area contributed by atoms with Crippen LogP contribution in [-0.2, 0) is 4.74 Å². The Kier molecular flexibility index (Phi) is 2.89. The van der Waals surface area contributed by atoms with Crippen LogP contribution < -0.4 is 5.43 Å². The lowest BCUT2D eigenvalue weighted by atomic mass is 9.85. The van der Waals surface area contributed by atoms with E-state index in [0.717, 1.165) is 19.4 Å². The van der Waals surface area contributed by atoms with Crippen LogP contribution in [0, 0.1) is 23.2 Å². The van der Waals surface area contributed by atoms with Crippen LogP contribution in [0.5, 0.6) is 0 Å². The summed E-state index contributed by atoms with van der Waals surface area (Å²) in [6.45, 7) is 4.98. The van der Waals surface area contributed by atoms with Gasteiger partial charge < -0.3 is 4.74 Å². The van der Waals surface area contributed by atoms with Crippen LogP contribution in [0.3, 0.4) is 0 Å². The molecule has 96 valence electrons. The molecule has 4 heteroatoms. The molecule has 0 radical (unpaired) electrons. The Hall–Kier alpha value is -1.31. The van der Waals surface area contributed by atoms with Crippen molar-refractivity contribution in [3.05, 3.63) is 23.5 Å². The second kappa shape index (κ2) is 4.42. The molecule has 3 aliphatic heterocycles. The summed E-state index contributed by atoms with van der Waals surface area (Å²) in [5, 5.41) is 11.4. The molecular weight excluding hydrogens is 226 g/mol. The highest BCUT2D eigenvalue weighted by Gasteiger charge is 2.42. The first-order valence-corrected chi connectivity index (χ1v) is 6.75. The Morgan fingerprint density at radius 3 is 3.22 bits per heavy atom. The SMILES string of the molecule is CCC1NN2C=C[C@@H]3OCC[C@@H]3C2=C1C(C)C#N. The van der Waals surface area contributed by atoms with Gasteiger partial charge in [-0.1, -0.05) is 6.92 Å². The van der Waals surface area contributed by atoms with Gasteiger partial charge >= 0.3 is 0 Å². The third kappa shape index (κ3) is 1.58. The zero-order chi connectivity index (χ0) is 12.7. The van der Waals surface area contributed by atoms with E-state index in [1.54, 1.807) is 0 Å². The smallest absolute Gasteiger partial charge is 0.0857 e. The van der Waals surface area contributed by atoms with Crippen molar-refractivity contribution in [3.8, 4) is 6.07 Å². The van der Waals surface area contributed by atoms with E-state index in [2.05, 4.69) is 35.7 Å². The largest absolute Gasteiger partial charge is 0.373 e. The normalized spacial score (nSPS) is 35.4. The molecule has 4 nitrogen and oxygen atoms in total. The number of hydrogen-bond donors (Lipinski definition) is 1. The van der Waals surface area contributed by atoms with Crippen molar-refractivity contribution in [3.63, 3.8) is 0 Å². The van der Waals surface area contributed by atoms with Gasteiger partial charge in [0.2, 0.25) is 0 Å². The van der Waals surface area contributed by atoms with E-state index < -0.39 is 0 Å². The first-order valence-electron chi connectivity index (χ1n) is 6.75. The number of hydrazine groups is 1. The molecular formula is C14H19N3O. The maximum Gasteiger partial charge on any atom is 0.0857 e. The molecule has 0 aromatic heterocycles. The summed E-state index contributed by atoms with van der Waals surface area (Å²) in [6, 6.07) is 2.69. The Morgan fingerprint density at radius 1 is 1.67 bits per heavy atom. The molecule has 4 atom stereocenters. The molecule has 0 spiro atoms. The van der Waals surface area contributed by atoms with Gasteiger partial charge in [-0.05, 0) is 31.4 Å². The number of hydrogen-bond acceptors (Lipinski definition) is 4. The fraction of sp³-hybridized carbons (Fsp3) is 0.643. The lowest BCUT2D eigenvalue weighted by Crippen LogP contribution is -2.38. The molecule has 0 bridgehead atoms. The molecule has 0 aromatic rings. The molecule has 2 unspecified atom stereocenters. The van der Waals surface area contributed by atoms with Crippen molar-refractivity contribution in [2.45, 2.75) is 38.8 Å². The fourth-order valence-corrected chi connectivity index (χ4v) is 3.31. The van der Waals surface area contributed by atoms with Crippen LogP contribution in [0.1, 0.15) is 26.7 Å². The van der Waals surface area contributed by atoms with Crippen LogP contribution in [0.2, 0.25) is 0 Å². The summed E-state index contributed by atoms with van der Waals surface area (Å²) < 4.78 is 5.74. The molecule has 1 saturated heterocycles. The number of fused-ring (bicyclic) bond motifs is 3. The molecule has 0 saturated carbocycles. The predicted molar refractivity (Wildman–Crippen MR) is 67.8 cm³/mol. The van der Waals surface area contributed by atoms with E-state index in [4.69, 9.17) is 4.74 Å². The van der Waals surface area contributed by atoms with Crippen molar-refractivity contribution in [1.82, 2.24) is 10.4 Å². The third-order valence-corrected chi connectivity index (χ3v) is 4.21. The topological polar surface area (TPSA) is 48.3 Å². The maximum atomic E-state index is 9.26. The summed E-state index contributed by atoms with van der Waals surface area (Å²) in [4.78, 5) is 0. The van der Waals surface area contributed by atoms with Crippen LogP contribution in [0.4, 0.5) is 0 Å². The average molecular weight is 245 g/mol. The van der Waals surface area contributed by atoms with Gasteiger partial charge in [0, 0.05) is 24.4 Å². The monoisotopic (exact) mass is 245 g/mol. The highest BCUT2D eigenvalue weighted by atomic mass is 16.5. The summed E-state index contributed by atoms with van der Waals surface area (Å²) >= 11 is 0. The van der Waals surface area contributed by atoms with Gasteiger partial charge in [-0.2, -0.15) is 5.26 Å². The molecule has 3 rings (SSSR count). The van der Waals surface area contributed by atoms with Crippen molar-refractivity contribution >= 4 is 0 Å². The highest BCUT2D eigenvalue weighted by molar-refractivity contribution is 5.35. The Balaban J connectivity index is 2.05. The van der Waals surface area contributed by atoms with Gasteiger partial charge in [-0.3, -0.25) is 5.01 Å². The molecule has 3 aliphatic rings. The molecule has 3 heterocycles. The van der Waals surface area contributed by atoms with Crippen molar-refractivity contribution in [2.75, 3.05) is 6.61 Å². The van der Waals surface area contributed by atoms with Gasteiger partial charge in [0.15, 0.2) is 0 Å². The van der Waals surface area contributed by atoms with E-state index in [9.17, 15) is 5.26 Å². The Labute approximate surface area is 108 Å². The minimum atomic E-state index is -0.0322. The Morgan fingerprint density at radius 2 is 2.50 bits per heavy atom. The van der Waals surface area contributed by atoms with Crippen molar-refractivity contribution in [2.24, 2.45) is 11.8 Å². The second-order valence-electron chi connectivity index (χ2n) is 5.22. The quantitative estimate of drug-likeness (QED) is 0.807.